The third kappa shape index (κ3) is 3.30. The highest BCUT2D eigenvalue weighted by molar-refractivity contribution is 7.99. The summed E-state index contributed by atoms with van der Waals surface area (Å²) in [7, 11) is 0. The zero-order valence-electron chi connectivity index (χ0n) is 11.9. The Bertz CT molecular complexity index is 622. The Kier molecular flexibility index (Phi) is 4.86. The van der Waals surface area contributed by atoms with Gasteiger partial charge in [-0.25, -0.2) is 4.79 Å². The van der Waals surface area contributed by atoms with E-state index >= 15 is 0 Å². The van der Waals surface area contributed by atoms with Gasteiger partial charge in [-0.15, -0.1) is 11.8 Å². The predicted octanol–water partition coefficient (Wildman–Crippen LogP) is 2.03. The van der Waals surface area contributed by atoms with Gasteiger partial charge in [-0.3, -0.25) is 19.8 Å². The standard InChI is InChI=1S/C13H15N3O5S/c1-2-14(13(18)19)8-12(17)15-5-6-22-11-7-9(16(20)21)3-4-10(11)15/h3-4,7H,2,5-6,8H2,1H3,(H,18,19). The molecule has 1 aliphatic heterocycles. The van der Waals surface area contributed by atoms with Gasteiger partial charge in [0.05, 0.1) is 10.6 Å². The van der Waals surface area contributed by atoms with Gasteiger partial charge in [-0.1, -0.05) is 0 Å². The summed E-state index contributed by atoms with van der Waals surface area (Å²) in [6.07, 6.45) is -1.15. The maximum Gasteiger partial charge on any atom is 0.407 e. The number of nitro benzene ring substituents is 1. The largest absolute Gasteiger partial charge is 0.465 e. The normalized spacial score (nSPS) is 13.4. The van der Waals surface area contributed by atoms with Crippen LogP contribution in [0, 0.1) is 10.1 Å². The highest BCUT2D eigenvalue weighted by Crippen LogP contribution is 2.37. The summed E-state index contributed by atoms with van der Waals surface area (Å²) < 4.78 is 0. The molecule has 22 heavy (non-hydrogen) atoms. The van der Waals surface area contributed by atoms with Crippen LogP contribution in [0.25, 0.3) is 0 Å². The molecule has 1 aromatic rings. The molecule has 2 amide bonds. The van der Waals surface area contributed by atoms with Gasteiger partial charge >= 0.3 is 6.09 Å². The van der Waals surface area contributed by atoms with Crippen LogP contribution in [0.1, 0.15) is 6.92 Å². The molecule has 0 saturated heterocycles. The number of carbonyl (C=O) groups excluding carboxylic acids is 1. The Morgan fingerprint density at radius 1 is 1.50 bits per heavy atom. The van der Waals surface area contributed by atoms with Crippen molar-refractivity contribution in [3.8, 4) is 0 Å². The zero-order chi connectivity index (χ0) is 16.3. The number of likely N-dealkylation sites (N-methyl/N-ethyl adjacent to an activating group) is 1. The van der Waals surface area contributed by atoms with Crippen LogP contribution in [0.5, 0.6) is 0 Å². The second-order valence-corrected chi connectivity index (χ2v) is 5.74. The van der Waals surface area contributed by atoms with Crippen molar-refractivity contribution in [2.75, 3.05) is 30.3 Å². The molecule has 8 nitrogen and oxygen atoms in total. The number of rotatable bonds is 4. The summed E-state index contributed by atoms with van der Waals surface area (Å²) in [4.78, 5) is 36.8. The average molecular weight is 325 g/mol. The topological polar surface area (TPSA) is 104 Å². The summed E-state index contributed by atoms with van der Waals surface area (Å²) in [6.45, 7) is 2.10. The Morgan fingerprint density at radius 3 is 2.82 bits per heavy atom. The Morgan fingerprint density at radius 2 is 2.23 bits per heavy atom. The van der Waals surface area contributed by atoms with Gasteiger partial charge < -0.3 is 10.0 Å². The van der Waals surface area contributed by atoms with Crippen molar-refractivity contribution in [1.82, 2.24) is 4.90 Å². The third-order valence-corrected chi connectivity index (χ3v) is 4.32. The number of amides is 2. The summed E-state index contributed by atoms with van der Waals surface area (Å²) >= 11 is 1.44. The van der Waals surface area contributed by atoms with Crippen LogP contribution in [0.2, 0.25) is 0 Å². The first-order chi connectivity index (χ1) is 10.4. The summed E-state index contributed by atoms with van der Waals surface area (Å²) in [5.74, 6) is 0.277. The Labute approximate surface area is 130 Å². The molecular weight excluding hydrogens is 310 g/mol. The maximum absolute atomic E-state index is 12.3. The minimum atomic E-state index is -1.15. The molecule has 0 spiro atoms. The molecular formula is C13H15N3O5S. The SMILES string of the molecule is CCN(CC(=O)N1CCSc2cc([N+](=O)[O-])ccc21)C(=O)O. The molecule has 2 rings (SSSR count). The lowest BCUT2D eigenvalue weighted by atomic mass is 10.2. The van der Waals surface area contributed by atoms with E-state index in [1.54, 1.807) is 6.92 Å². The number of nitrogens with zero attached hydrogens (tertiary/aromatic N) is 3. The first kappa shape index (κ1) is 16.1. The van der Waals surface area contributed by atoms with E-state index in [-0.39, 0.29) is 24.7 Å². The van der Waals surface area contributed by atoms with E-state index in [9.17, 15) is 19.7 Å². The third-order valence-electron chi connectivity index (χ3n) is 3.30. The molecule has 9 heteroatoms. The zero-order valence-corrected chi connectivity index (χ0v) is 12.7. The van der Waals surface area contributed by atoms with Gasteiger partial charge in [0.1, 0.15) is 6.54 Å². The highest BCUT2D eigenvalue weighted by Gasteiger charge is 2.26. The van der Waals surface area contributed by atoms with Crippen molar-refractivity contribution >= 4 is 35.1 Å². The molecule has 0 atom stereocenters. The molecule has 1 heterocycles. The van der Waals surface area contributed by atoms with Gasteiger partial charge in [-0.2, -0.15) is 0 Å². The van der Waals surface area contributed by atoms with E-state index < -0.39 is 11.0 Å². The minimum Gasteiger partial charge on any atom is -0.465 e. The molecule has 0 saturated carbocycles. The minimum absolute atomic E-state index is 0.0266. The quantitative estimate of drug-likeness (QED) is 0.671. The van der Waals surface area contributed by atoms with Crippen LogP contribution >= 0.6 is 11.8 Å². The lowest BCUT2D eigenvalue weighted by Gasteiger charge is -2.30. The monoisotopic (exact) mass is 325 g/mol. The van der Waals surface area contributed by atoms with E-state index in [2.05, 4.69) is 0 Å². The van der Waals surface area contributed by atoms with E-state index in [4.69, 9.17) is 5.11 Å². The van der Waals surface area contributed by atoms with E-state index in [1.807, 2.05) is 0 Å². The Hall–Kier alpha value is -2.29. The summed E-state index contributed by atoms with van der Waals surface area (Å²) in [6, 6.07) is 4.32. The molecule has 0 aromatic heterocycles. The highest BCUT2D eigenvalue weighted by atomic mass is 32.2. The van der Waals surface area contributed by atoms with Gasteiger partial charge in [0.25, 0.3) is 5.69 Å². The fourth-order valence-corrected chi connectivity index (χ4v) is 3.17. The number of thioether (sulfide) groups is 1. The van der Waals surface area contributed by atoms with Crippen molar-refractivity contribution in [3.05, 3.63) is 28.3 Å². The van der Waals surface area contributed by atoms with Crippen LogP contribution in [0.3, 0.4) is 0 Å². The molecule has 1 aromatic carbocycles. The molecule has 1 aliphatic rings. The molecule has 0 aliphatic carbocycles. The van der Waals surface area contributed by atoms with Crippen LogP contribution < -0.4 is 4.90 Å². The van der Waals surface area contributed by atoms with Gasteiger partial charge in [0.2, 0.25) is 5.91 Å². The second-order valence-electron chi connectivity index (χ2n) is 4.60. The fraction of sp³-hybridized carbons (Fsp3) is 0.385. The van der Waals surface area contributed by atoms with Crippen LogP contribution in [0.4, 0.5) is 16.2 Å². The fourth-order valence-electron chi connectivity index (χ4n) is 2.14. The number of carbonyl (C=O) groups is 2. The maximum atomic E-state index is 12.3. The second kappa shape index (κ2) is 6.65. The predicted molar refractivity (Wildman–Crippen MR) is 81.4 cm³/mol. The van der Waals surface area contributed by atoms with E-state index in [0.29, 0.717) is 22.9 Å². The van der Waals surface area contributed by atoms with Crippen LogP contribution in [-0.2, 0) is 4.79 Å². The first-order valence-electron chi connectivity index (χ1n) is 6.63. The van der Waals surface area contributed by atoms with Crippen LogP contribution in [-0.4, -0.2) is 52.3 Å². The molecule has 0 unspecified atom stereocenters. The summed E-state index contributed by atoms with van der Waals surface area (Å²) in [5, 5.41) is 19.8. The van der Waals surface area contributed by atoms with E-state index in [0.717, 1.165) is 4.90 Å². The first-order valence-corrected chi connectivity index (χ1v) is 7.62. The van der Waals surface area contributed by atoms with Gasteiger partial charge in [0.15, 0.2) is 0 Å². The lowest BCUT2D eigenvalue weighted by molar-refractivity contribution is -0.385. The average Bonchev–Trinajstić information content (AvgIpc) is 2.50. The summed E-state index contributed by atoms with van der Waals surface area (Å²) in [5.41, 5.74) is 0.564. The van der Waals surface area contributed by atoms with Crippen molar-refractivity contribution in [3.63, 3.8) is 0 Å². The molecule has 0 fully saturated rings. The number of carboxylic acid groups (broad SMARTS) is 1. The van der Waals surface area contributed by atoms with Gasteiger partial charge in [-0.05, 0) is 13.0 Å². The number of benzene rings is 1. The number of non-ortho nitro benzene ring substituents is 1. The number of nitro groups is 1. The molecule has 0 radical (unpaired) electrons. The van der Waals surface area contributed by atoms with Crippen molar-refractivity contribution in [2.45, 2.75) is 11.8 Å². The molecule has 0 bridgehead atoms. The number of anilines is 1. The number of hydrogen-bond acceptors (Lipinski definition) is 5. The van der Waals surface area contributed by atoms with Crippen molar-refractivity contribution in [2.24, 2.45) is 0 Å². The smallest absolute Gasteiger partial charge is 0.407 e. The van der Waals surface area contributed by atoms with E-state index in [1.165, 1.54) is 34.9 Å². The number of hydrogen-bond donors (Lipinski definition) is 1. The molecule has 118 valence electrons. The lowest BCUT2D eigenvalue weighted by Crippen LogP contribution is -2.44. The van der Waals surface area contributed by atoms with Crippen molar-refractivity contribution < 1.29 is 19.6 Å². The number of fused-ring (bicyclic) bond motifs is 1. The Balaban J connectivity index is 2.23. The van der Waals surface area contributed by atoms with Crippen molar-refractivity contribution in [1.29, 1.82) is 0 Å². The van der Waals surface area contributed by atoms with Gasteiger partial charge in [0, 0.05) is 35.9 Å². The molecule has 1 N–H and O–H groups in total. The van der Waals surface area contributed by atoms with Crippen LogP contribution in [0.15, 0.2) is 23.1 Å².